The number of benzene rings is 1. The van der Waals surface area contributed by atoms with Gasteiger partial charge < -0.3 is 10.1 Å². The molecule has 0 atom stereocenters. The quantitative estimate of drug-likeness (QED) is 0.743. The van der Waals surface area contributed by atoms with E-state index in [2.05, 4.69) is 10.3 Å². The van der Waals surface area contributed by atoms with Gasteiger partial charge in [0.25, 0.3) is 0 Å². The Balaban J connectivity index is 1.97. The number of carbonyl (C=O) groups is 1. The summed E-state index contributed by atoms with van der Waals surface area (Å²) >= 11 is 0. The SMILES string of the molecule is COc1cc(CNC(=O)Cc2ccc(S(F)(F)(F)(F)F)cc2)ccn1. The molecule has 0 unspecified atom stereocenters. The van der Waals surface area contributed by atoms with Gasteiger partial charge in [0.1, 0.15) is 4.90 Å². The maximum absolute atomic E-state index is 12.6. The number of aromatic nitrogens is 1. The zero-order valence-corrected chi connectivity index (χ0v) is 13.8. The van der Waals surface area contributed by atoms with E-state index >= 15 is 0 Å². The summed E-state index contributed by atoms with van der Waals surface area (Å²) in [6, 6.07) is 5.58. The van der Waals surface area contributed by atoms with Crippen LogP contribution in [0.1, 0.15) is 11.1 Å². The number of pyridine rings is 1. The maximum atomic E-state index is 12.6. The Hall–Kier alpha value is -2.36. The molecule has 2 rings (SSSR count). The normalized spacial score (nSPS) is 14.3. The molecule has 1 amide bonds. The van der Waals surface area contributed by atoms with E-state index in [4.69, 9.17) is 4.74 Å². The van der Waals surface area contributed by atoms with Crippen LogP contribution >= 0.6 is 10.2 Å². The predicted molar refractivity (Wildman–Crippen MR) is 84.2 cm³/mol. The first-order valence-corrected chi connectivity index (χ1v) is 8.91. The molecular weight excluding hydrogens is 367 g/mol. The van der Waals surface area contributed by atoms with Gasteiger partial charge in [-0.25, -0.2) is 4.98 Å². The van der Waals surface area contributed by atoms with Gasteiger partial charge in [-0.05, 0) is 29.3 Å². The molecule has 0 aliphatic carbocycles. The topological polar surface area (TPSA) is 51.2 Å². The van der Waals surface area contributed by atoms with Crippen LogP contribution in [0, 0.1) is 0 Å². The van der Waals surface area contributed by atoms with E-state index in [-0.39, 0.29) is 30.7 Å². The molecule has 0 fully saturated rings. The summed E-state index contributed by atoms with van der Waals surface area (Å²) in [5.41, 5.74) is 0.909. The molecule has 0 spiro atoms. The number of nitrogens with zero attached hydrogens (tertiary/aromatic N) is 1. The first kappa shape index (κ1) is 19.0. The second-order valence-corrected chi connectivity index (χ2v) is 7.68. The number of carbonyl (C=O) groups excluding carboxylic acids is 1. The molecule has 0 aliphatic rings. The molecule has 138 valence electrons. The Bertz CT molecular complexity index is 779. The summed E-state index contributed by atoms with van der Waals surface area (Å²) < 4.78 is 68.0. The fourth-order valence-electron chi connectivity index (χ4n) is 1.99. The molecule has 1 aromatic carbocycles. The maximum Gasteiger partial charge on any atom is 0.310 e. The second-order valence-electron chi connectivity index (χ2n) is 5.27. The lowest BCUT2D eigenvalue weighted by Gasteiger charge is -2.40. The summed E-state index contributed by atoms with van der Waals surface area (Å²) in [6.07, 6.45) is 1.27. The summed E-state index contributed by atoms with van der Waals surface area (Å²) in [7, 11) is -8.24. The number of amides is 1. The third-order valence-corrected chi connectivity index (χ3v) is 4.39. The number of rotatable bonds is 6. The lowest BCUT2D eigenvalue weighted by atomic mass is 10.1. The fourth-order valence-corrected chi connectivity index (χ4v) is 2.64. The van der Waals surface area contributed by atoms with Crippen molar-refractivity contribution in [3.8, 4) is 5.88 Å². The molecule has 25 heavy (non-hydrogen) atoms. The summed E-state index contributed by atoms with van der Waals surface area (Å²) in [5.74, 6) is -0.0887. The van der Waals surface area contributed by atoms with E-state index in [0.29, 0.717) is 5.88 Å². The van der Waals surface area contributed by atoms with Crippen LogP contribution < -0.4 is 10.1 Å². The van der Waals surface area contributed by atoms with Crippen molar-refractivity contribution in [1.29, 1.82) is 0 Å². The van der Waals surface area contributed by atoms with Gasteiger partial charge in [0.15, 0.2) is 0 Å². The van der Waals surface area contributed by atoms with E-state index in [1.807, 2.05) is 0 Å². The Morgan fingerprint density at radius 1 is 1.08 bits per heavy atom. The minimum atomic E-state index is -9.69. The highest BCUT2D eigenvalue weighted by molar-refractivity contribution is 8.45. The lowest BCUT2D eigenvalue weighted by Crippen LogP contribution is -2.24. The van der Waals surface area contributed by atoms with Gasteiger partial charge in [0.05, 0.1) is 13.5 Å². The molecule has 0 bridgehead atoms. The van der Waals surface area contributed by atoms with Gasteiger partial charge in [-0.1, -0.05) is 31.6 Å². The van der Waals surface area contributed by atoms with Crippen LogP contribution in [0.25, 0.3) is 0 Å². The molecule has 0 radical (unpaired) electrons. The molecule has 0 saturated carbocycles. The molecule has 1 aromatic heterocycles. The Labute approximate surface area is 140 Å². The third kappa shape index (κ3) is 5.59. The zero-order valence-electron chi connectivity index (χ0n) is 13.0. The van der Waals surface area contributed by atoms with Gasteiger partial charge in [0, 0.05) is 18.8 Å². The highest BCUT2D eigenvalue weighted by atomic mass is 32.5. The zero-order chi connectivity index (χ0) is 18.8. The highest BCUT2D eigenvalue weighted by Crippen LogP contribution is 3.02. The minimum absolute atomic E-state index is 0.168. The van der Waals surface area contributed by atoms with Crippen LogP contribution in [0.4, 0.5) is 19.4 Å². The van der Waals surface area contributed by atoms with Crippen LogP contribution in [0.2, 0.25) is 0 Å². The van der Waals surface area contributed by atoms with Crippen LogP contribution in [0.5, 0.6) is 5.88 Å². The fraction of sp³-hybridized carbons (Fsp3) is 0.200. The summed E-state index contributed by atoms with van der Waals surface area (Å²) in [4.78, 5) is 13.8. The molecule has 1 N–H and O–H groups in total. The van der Waals surface area contributed by atoms with E-state index < -0.39 is 21.0 Å². The van der Waals surface area contributed by atoms with Crippen molar-refractivity contribution in [2.24, 2.45) is 0 Å². The molecule has 0 aliphatic heterocycles. The predicted octanol–water partition coefficient (Wildman–Crippen LogP) is 4.61. The molecule has 10 heteroatoms. The van der Waals surface area contributed by atoms with Crippen LogP contribution in [-0.2, 0) is 17.8 Å². The largest absolute Gasteiger partial charge is 0.481 e. The molecule has 0 saturated heterocycles. The van der Waals surface area contributed by atoms with Gasteiger partial charge >= 0.3 is 10.2 Å². The monoisotopic (exact) mass is 382 g/mol. The lowest BCUT2D eigenvalue weighted by molar-refractivity contribution is -0.120. The van der Waals surface area contributed by atoms with Crippen molar-refractivity contribution in [1.82, 2.24) is 10.3 Å². The summed E-state index contributed by atoms with van der Waals surface area (Å²) in [6.45, 7) is 0.168. The van der Waals surface area contributed by atoms with Crippen LogP contribution in [-0.4, -0.2) is 18.0 Å². The van der Waals surface area contributed by atoms with Crippen molar-refractivity contribution in [3.63, 3.8) is 0 Å². The van der Waals surface area contributed by atoms with Crippen molar-refractivity contribution in [2.75, 3.05) is 7.11 Å². The van der Waals surface area contributed by atoms with E-state index in [1.54, 1.807) is 12.1 Å². The van der Waals surface area contributed by atoms with Crippen molar-refractivity contribution >= 4 is 16.1 Å². The minimum Gasteiger partial charge on any atom is -0.481 e. The molecule has 1 heterocycles. The third-order valence-electron chi connectivity index (χ3n) is 3.23. The number of halogens is 5. The standard InChI is InChI=1S/C15H15F5N2O2S/c1-24-15-9-12(6-7-21-15)10-22-14(23)8-11-2-4-13(5-3-11)25(16,17,18,19)20/h2-7,9H,8,10H2,1H3,(H,22,23). The Morgan fingerprint density at radius 3 is 2.28 bits per heavy atom. The summed E-state index contributed by atoms with van der Waals surface area (Å²) in [5, 5.41) is 2.57. The highest BCUT2D eigenvalue weighted by Gasteiger charge is 2.65. The van der Waals surface area contributed by atoms with Gasteiger partial charge in [0.2, 0.25) is 11.8 Å². The van der Waals surface area contributed by atoms with Gasteiger partial charge in [-0.2, -0.15) is 0 Å². The number of ether oxygens (including phenoxy) is 1. The number of methoxy groups -OCH3 is 1. The average Bonchev–Trinajstić information content (AvgIpc) is 2.51. The molecule has 4 nitrogen and oxygen atoms in total. The number of hydrogen-bond donors (Lipinski definition) is 1. The van der Waals surface area contributed by atoms with E-state index in [1.165, 1.54) is 13.3 Å². The van der Waals surface area contributed by atoms with E-state index in [0.717, 1.165) is 17.7 Å². The van der Waals surface area contributed by atoms with Crippen LogP contribution in [0.15, 0.2) is 47.5 Å². The number of nitrogens with one attached hydrogen (secondary N) is 1. The van der Waals surface area contributed by atoms with Crippen molar-refractivity contribution in [2.45, 2.75) is 17.9 Å². The molecule has 2 aromatic rings. The smallest absolute Gasteiger partial charge is 0.310 e. The first-order chi connectivity index (χ1) is 11.4. The molecular formula is C15H15F5N2O2S. The van der Waals surface area contributed by atoms with E-state index in [9.17, 15) is 24.2 Å². The van der Waals surface area contributed by atoms with Crippen LogP contribution in [0.3, 0.4) is 0 Å². The second kappa shape index (κ2) is 5.87. The van der Waals surface area contributed by atoms with Gasteiger partial charge in [-0.3, -0.25) is 4.79 Å². The average molecular weight is 382 g/mol. The van der Waals surface area contributed by atoms with Gasteiger partial charge in [-0.15, -0.1) is 0 Å². The number of hydrogen-bond acceptors (Lipinski definition) is 3. The van der Waals surface area contributed by atoms with Crippen molar-refractivity contribution in [3.05, 3.63) is 53.7 Å². The Morgan fingerprint density at radius 2 is 1.72 bits per heavy atom. The Kier molecular flexibility index (Phi) is 4.45. The first-order valence-electron chi connectivity index (χ1n) is 6.96. The van der Waals surface area contributed by atoms with Crippen molar-refractivity contribution < 1.29 is 29.0 Å².